The third-order valence-electron chi connectivity index (χ3n) is 5.57. The van der Waals surface area contributed by atoms with Crippen molar-refractivity contribution < 1.29 is 4.79 Å². The summed E-state index contributed by atoms with van der Waals surface area (Å²) in [6.45, 7) is 0.444. The Hall–Kier alpha value is -3.10. The van der Waals surface area contributed by atoms with Crippen molar-refractivity contribution in [3.8, 4) is 16.9 Å². The first-order chi connectivity index (χ1) is 16.1. The van der Waals surface area contributed by atoms with Gasteiger partial charge in [0.25, 0.3) is 0 Å². The highest BCUT2D eigenvalue weighted by Crippen LogP contribution is 2.37. The molecule has 0 bridgehead atoms. The molecule has 0 aliphatic heterocycles. The maximum Gasteiger partial charge on any atom is 0.233 e. The maximum atomic E-state index is 12.9. The van der Waals surface area contributed by atoms with Crippen LogP contribution in [-0.2, 0) is 11.3 Å². The summed E-state index contributed by atoms with van der Waals surface area (Å²) in [6.07, 6.45) is 6.04. The average Bonchev–Trinajstić information content (AvgIpc) is 3.42. The van der Waals surface area contributed by atoms with Crippen LogP contribution in [0.1, 0.15) is 24.4 Å². The summed E-state index contributed by atoms with van der Waals surface area (Å²) in [5, 5.41) is 14.5. The van der Waals surface area contributed by atoms with Crippen LogP contribution in [0.2, 0.25) is 5.02 Å². The fraction of sp³-hybridized carbons (Fsp3) is 0.250. The maximum absolute atomic E-state index is 12.9. The molecule has 2 heterocycles. The molecule has 0 saturated heterocycles. The zero-order valence-electron chi connectivity index (χ0n) is 18.1. The zero-order valence-corrected chi connectivity index (χ0v) is 19.7. The lowest BCUT2D eigenvalue weighted by Crippen LogP contribution is -2.28. The summed E-state index contributed by atoms with van der Waals surface area (Å²) in [4.78, 5) is 14.6. The third kappa shape index (κ3) is 4.96. The van der Waals surface area contributed by atoms with Crippen molar-refractivity contribution in [2.45, 2.75) is 30.6 Å². The van der Waals surface area contributed by atoms with Crippen LogP contribution in [0.5, 0.6) is 0 Å². The number of halogens is 1. The summed E-state index contributed by atoms with van der Waals surface area (Å²) < 4.78 is 3.92. The molecule has 33 heavy (non-hydrogen) atoms. The molecule has 2 aromatic carbocycles. The number of amides is 1. The standard InChI is InChI=1S/C24H23ClN6OS/c1-29(22(32)15-33-24-27-26-16-30(24)20-11-12-20)13-18-14-31(21-5-3-2-4-6-21)28-23(18)17-7-9-19(25)10-8-17/h2-10,14,16,20H,11-13,15H2,1H3. The summed E-state index contributed by atoms with van der Waals surface area (Å²) in [5.41, 5.74) is 3.71. The molecular formula is C24H23ClN6OS. The molecule has 0 atom stereocenters. The fourth-order valence-electron chi connectivity index (χ4n) is 3.61. The summed E-state index contributed by atoms with van der Waals surface area (Å²) in [7, 11) is 1.82. The van der Waals surface area contributed by atoms with E-state index < -0.39 is 0 Å². The van der Waals surface area contributed by atoms with Crippen LogP contribution in [0.25, 0.3) is 16.9 Å². The second kappa shape index (κ2) is 9.41. The smallest absolute Gasteiger partial charge is 0.233 e. The van der Waals surface area contributed by atoms with E-state index in [-0.39, 0.29) is 5.91 Å². The van der Waals surface area contributed by atoms with Gasteiger partial charge in [-0.25, -0.2) is 4.68 Å². The minimum atomic E-state index is 0.0277. The van der Waals surface area contributed by atoms with Crippen LogP contribution in [0, 0.1) is 0 Å². The fourth-order valence-corrected chi connectivity index (χ4v) is 4.66. The van der Waals surface area contributed by atoms with Gasteiger partial charge in [0, 0.05) is 42.0 Å². The van der Waals surface area contributed by atoms with Gasteiger partial charge in [-0.1, -0.05) is 53.7 Å². The zero-order chi connectivity index (χ0) is 22.8. The highest BCUT2D eigenvalue weighted by Gasteiger charge is 2.26. The molecule has 0 spiro atoms. The number of carbonyl (C=O) groups excluding carboxylic acids is 1. The quantitative estimate of drug-likeness (QED) is 0.338. The highest BCUT2D eigenvalue weighted by atomic mass is 35.5. The summed E-state index contributed by atoms with van der Waals surface area (Å²) in [5.74, 6) is 0.338. The molecule has 9 heteroatoms. The Bertz CT molecular complexity index is 1250. The molecule has 4 aromatic rings. The molecule has 2 aromatic heterocycles. The van der Waals surface area contributed by atoms with Crippen LogP contribution >= 0.6 is 23.4 Å². The molecule has 1 saturated carbocycles. The van der Waals surface area contributed by atoms with Crippen molar-refractivity contribution in [1.29, 1.82) is 0 Å². The SMILES string of the molecule is CN(Cc1cn(-c2ccccc2)nc1-c1ccc(Cl)cc1)C(=O)CSc1nncn1C1CC1. The van der Waals surface area contributed by atoms with Crippen molar-refractivity contribution >= 4 is 29.3 Å². The number of aromatic nitrogens is 5. The Balaban J connectivity index is 1.34. The number of hydrogen-bond acceptors (Lipinski definition) is 5. The van der Waals surface area contributed by atoms with Gasteiger partial charge >= 0.3 is 0 Å². The first-order valence-corrected chi connectivity index (χ1v) is 12.1. The Morgan fingerprint density at radius 2 is 1.91 bits per heavy atom. The van der Waals surface area contributed by atoms with Crippen LogP contribution in [0.4, 0.5) is 0 Å². The van der Waals surface area contributed by atoms with Gasteiger partial charge in [0.1, 0.15) is 6.33 Å². The van der Waals surface area contributed by atoms with Crippen molar-refractivity contribution in [1.82, 2.24) is 29.4 Å². The van der Waals surface area contributed by atoms with E-state index >= 15 is 0 Å². The first kappa shape index (κ1) is 21.7. The van der Waals surface area contributed by atoms with Crippen molar-refractivity contribution in [2.24, 2.45) is 0 Å². The van der Waals surface area contributed by atoms with E-state index in [0.29, 0.717) is 23.4 Å². The number of para-hydroxylation sites is 1. The minimum Gasteiger partial charge on any atom is -0.341 e. The number of nitrogens with zero attached hydrogens (tertiary/aromatic N) is 6. The number of carbonyl (C=O) groups is 1. The highest BCUT2D eigenvalue weighted by molar-refractivity contribution is 7.99. The molecule has 168 valence electrons. The topological polar surface area (TPSA) is 68.8 Å². The Kier molecular flexibility index (Phi) is 6.20. The van der Waals surface area contributed by atoms with Crippen molar-refractivity contribution in [2.75, 3.05) is 12.8 Å². The summed E-state index contributed by atoms with van der Waals surface area (Å²) >= 11 is 7.52. The van der Waals surface area contributed by atoms with E-state index in [1.165, 1.54) is 11.8 Å². The number of thioether (sulfide) groups is 1. The van der Waals surface area contributed by atoms with Gasteiger partial charge in [-0.2, -0.15) is 5.10 Å². The molecule has 0 radical (unpaired) electrons. The lowest BCUT2D eigenvalue weighted by atomic mass is 10.1. The first-order valence-electron chi connectivity index (χ1n) is 10.7. The summed E-state index contributed by atoms with van der Waals surface area (Å²) in [6, 6.07) is 18.0. The third-order valence-corrected chi connectivity index (χ3v) is 6.76. The van der Waals surface area contributed by atoms with Gasteiger partial charge in [-0.15, -0.1) is 10.2 Å². The molecule has 0 N–H and O–H groups in total. The number of rotatable bonds is 8. The second-order valence-electron chi connectivity index (χ2n) is 8.08. The lowest BCUT2D eigenvalue weighted by molar-refractivity contribution is -0.127. The van der Waals surface area contributed by atoms with E-state index in [1.807, 2.05) is 72.5 Å². The van der Waals surface area contributed by atoms with Gasteiger partial charge in [0.05, 0.1) is 17.1 Å². The van der Waals surface area contributed by atoms with Gasteiger partial charge in [-0.05, 0) is 37.1 Å². The van der Waals surface area contributed by atoms with Crippen LogP contribution in [0.3, 0.4) is 0 Å². The molecule has 1 amide bonds. The Labute approximate surface area is 201 Å². The minimum absolute atomic E-state index is 0.0277. The lowest BCUT2D eigenvalue weighted by Gasteiger charge is -2.17. The van der Waals surface area contributed by atoms with Gasteiger partial charge in [0.15, 0.2) is 5.16 Å². The number of hydrogen-bond donors (Lipinski definition) is 0. The predicted octanol–water partition coefficient (Wildman–Crippen LogP) is 4.87. The van der Waals surface area contributed by atoms with Gasteiger partial charge in [0.2, 0.25) is 5.91 Å². The van der Waals surface area contributed by atoms with Crippen LogP contribution in [-0.4, -0.2) is 48.2 Å². The molecule has 1 aliphatic carbocycles. The number of benzene rings is 2. The van der Waals surface area contributed by atoms with E-state index in [9.17, 15) is 4.79 Å². The molecule has 7 nitrogen and oxygen atoms in total. The Morgan fingerprint density at radius 1 is 1.15 bits per heavy atom. The average molecular weight is 479 g/mol. The Morgan fingerprint density at radius 3 is 2.64 bits per heavy atom. The predicted molar refractivity (Wildman–Crippen MR) is 130 cm³/mol. The van der Waals surface area contributed by atoms with Gasteiger partial charge < -0.3 is 9.47 Å². The van der Waals surface area contributed by atoms with E-state index in [2.05, 4.69) is 14.8 Å². The molecule has 1 aliphatic rings. The molecule has 0 unspecified atom stereocenters. The molecule has 1 fully saturated rings. The van der Waals surface area contributed by atoms with Gasteiger partial charge in [-0.3, -0.25) is 4.79 Å². The largest absolute Gasteiger partial charge is 0.341 e. The van der Waals surface area contributed by atoms with E-state index in [0.717, 1.165) is 40.5 Å². The van der Waals surface area contributed by atoms with Crippen LogP contribution in [0.15, 0.2) is 72.3 Å². The normalized spacial score (nSPS) is 13.3. The monoisotopic (exact) mass is 478 g/mol. The van der Waals surface area contributed by atoms with E-state index in [1.54, 1.807) is 11.2 Å². The van der Waals surface area contributed by atoms with Crippen molar-refractivity contribution in [3.63, 3.8) is 0 Å². The molecular weight excluding hydrogens is 456 g/mol. The van der Waals surface area contributed by atoms with Crippen molar-refractivity contribution in [3.05, 3.63) is 77.7 Å². The molecule has 5 rings (SSSR count). The second-order valence-corrected chi connectivity index (χ2v) is 9.46. The van der Waals surface area contributed by atoms with Crippen LogP contribution < -0.4 is 0 Å². The van der Waals surface area contributed by atoms with E-state index in [4.69, 9.17) is 16.7 Å².